The van der Waals surface area contributed by atoms with E-state index in [9.17, 15) is 9.18 Å². The lowest BCUT2D eigenvalue weighted by atomic mass is 10.1. The van der Waals surface area contributed by atoms with Crippen LogP contribution in [0.25, 0.3) is 0 Å². The van der Waals surface area contributed by atoms with Crippen molar-refractivity contribution >= 4 is 21.8 Å². The van der Waals surface area contributed by atoms with Gasteiger partial charge in [0.25, 0.3) is 5.91 Å². The van der Waals surface area contributed by atoms with Gasteiger partial charge in [-0.2, -0.15) is 0 Å². The standard InChI is InChI=1S/C12H16BrFN2O/c1-2-3-11(7-15)16-12(17)8-4-9(13)6-10(14)5-8/h4-6,11H,2-3,7,15H2,1H3,(H,16,17). The Morgan fingerprint density at radius 3 is 2.76 bits per heavy atom. The van der Waals surface area contributed by atoms with Gasteiger partial charge in [-0.05, 0) is 24.6 Å². The Hall–Kier alpha value is -0.940. The minimum atomic E-state index is -0.440. The zero-order chi connectivity index (χ0) is 12.8. The fourth-order valence-corrected chi connectivity index (χ4v) is 2.02. The lowest BCUT2D eigenvalue weighted by Crippen LogP contribution is -2.40. The van der Waals surface area contributed by atoms with Crippen molar-refractivity contribution in [3.8, 4) is 0 Å². The molecule has 0 spiro atoms. The first kappa shape index (κ1) is 14.1. The third-order valence-corrected chi connectivity index (χ3v) is 2.84. The highest BCUT2D eigenvalue weighted by molar-refractivity contribution is 9.10. The van der Waals surface area contributed by atoms with Crippen LogP contribution in [0.3, 0.4) is 0 Å². The lowest BCUT2D eigenvalue weighted by Gasteiger charge is -2.16. The highest BCUT2D eigenvalue weighted by Gasteiger charge is 2.12. The fraction of sp³-hybridized carbons (Fsp3) is 0.417. The van der Waals surface area contributed by atoms with E-state index >= 15 is 0 Å². The molecule has 1 aromatic rings. The molecule has 3 nitrogen and oxygen atoms in total. The third-order valence-electron chi connectivity index (χ3n) is 2.38. The van der Waals surface area contributed by atoms with E-state index in [4.69, 9.17) is 5.73 Å². The third kappa shape index (κ3) is 4.44. The van der Waals surface area contributed by atoms with Crippen LogP contribution in [0, 0.1) is 5.82 Å². The van der Waals surface area contributed by atoms with Gasteiger partial charge in [0.05, 0.1) is 0 Å². The van der Waals surface area contributed by atoms with Crippen molar-refractivity contribution in [1.29, 1.82) is 0 Å². The maximum atomic E-state index is 13.1. The normalized spacial score (nSPS) is 12.2. The first-order valence-corrected chi connectivity index (χ1v) is 6.33. The smallest absolute Gasteiger partial charge is 0.251 e. The van der Waals surface area contributed by atoms with Crippen molar-refractivity contribution in [3.63, 3.8) is 0 Å². The Labute approximate surface area is 109 Å². The molecule has 17 heavy (non-hydrogen) atoms. The van der Waals surface area contributed by atoms with E-state index in [0.717, 1.165) is 12.8 Å². The predicted octanol–water partition coefficient (Wildman–Crippen LogP) is 2.45. The molecule has 1 rings (SSSR count). The summed E-state index contributed by atoms with van der Waals surface area (Å²) < 4.78 is 13.7. The second-order valence-electron chi connectivity index (χ2n) is 3.85. The quantitative estimate of drug-likeness (QED) is 0.878. The van der Waals surface area contributed by atoms with Crippen molar-refractivity contribution in [2.24, 2.45) is 5.73 Å². The molecule has 0 heterocycles. The van der Waals surface area contributed by atoms with Gasteiger partial charge in [0.1, 0.15) is 5.82 Å². The molecule has 0 saturated heterocycles. The number of amides is 1. The Kier molecular flexibility index (Phi) is 5.58. The van der Waals surface area contributed by atoms with Gasteiger partial charge >= 0.3 is 0 Å². The van der Waals surface area contributed by atoms with Crippen LogP contribution in [0.1, 0.15) is 30.1 Å². The van der Waals surface area contributed by atoms with E-state index in [-0.39, 0.29) is 11.9 Å². The molecule has 0 radical (unpaired) electrons. The molecule has 1 atom stereocenters. The minimum absolute atomic E-state index is 0.0606. The number of rotatable bonds is 5. The fourth-order valence-electron chi connectivity index (χ4n) is 1.55. The van der Waals surface area contributed by atoms with Crippen molar-refractivity contribution in [2.75, 3.05) is 6.54 Å². The first-order chi connectivity index (χ1) is 8.06. The highest BCUT2D eigenvalue weighted by Crippen LogP contribution is 2.15. The van der Waals surface area contributed by atoms with E-state index in [1.54, 1.807) is 6.07 Å². The molecule has 94 valence electrons. The molecule has 3 N–H and O–H groups in total. The molecule has 0 bridgehead atoms. The maximum Gasteiger partial charge on any atom is 0.251 e. The molecular weight excluding hydrogens is 287 g/mol. The van der Waals surface area contributed by atoms with Gasteiger partial charge in [-0.1, -0.05) is 29.3 Å². The summed E-state index contributed by atoms with van der Waals surface area (Å²) in [6.07, 6.45) is 1.76. The molecule has 0 saturated carbocycles. The summed E-state index contributed by atoms with van der Waals surface area (Å²) in [6.45, 7) is 2.41. The van der Waals surface area contributed by atoms with E-state index in [1.807, 2.05) is 6.92 Å². The van der Waals surface area contributed by atoms with E-state index in [2.05, 4.69) is 21.2 Å². The van der Waals surface area contributed by atoms with Gasteiger partial charge in [-0.3, -0.25) is 4.79 Å². The number of nitrogens with one attached hydrogen (secondary N) is 1. The number of hydrogen-bond acceptors (Lipinski definition) is 2. The van der Waals surface area contributed by atoms with Crippen LogP contribution in [0.4, 0.5) is 4.39 Å². The lowest BCUT2D eigenvalue weighted by molar-refractivity contribution is 0.0935. The van der Waals surface area contributed by atoms with Gasteiger partial charge in [0.2, 0.25) is 0 Å². The summed E-state index contributed by atoms with van der Waals surface area (Å²) in [7, 11) is 0. The number of halogens is 2. The van der Waals surface area contributed by atoms with Gasteiger partial charge in [-0.25, -0.2) is 4.39 Å². The molecule has 0 aliphatic rings. The van der Waals surface area contributed by atoms with Crippen molar-refractivity contribution in [3.05, 3.63) is 34.1 Å². The number of carbonyl (C=O) groups excluding carboxylic acids is 1. The monoisotopic (exact) mass is 302 g/mol. The summed E-state index contributed by atoms with van der Waals surface area (Å²) in [6, 6.07) is 4.04. The summed E-state index contributed by atoms with van der Waals surface area (Å²) >= 11 is 3.15. The summed E-state index contributed by atoms with van der Waals surface area (Å²) in [5.41, 5.74) is 5.84. The molecular formula is C12H16BrFN2O. The van der Waals surface area contributed by atoms with Crippen molar-refractivity contribution < 1.29 is 9.18 Å². The van der Waals surface area contributed by atoms with Crippen LogP contribution < -0.4 is 11.1 Å². The Balaban J connectivity index is 2.75. The number of benzene rings is 1. The maximum absolute atomic E-state index is 13.1. The van der Waals surface area contributed by atoms with Crippen LogP contribution in [0.5, 0.6) is 0 Å². The first-order valence-electron chi connectivity index (χ1n) is 5.53. The molecule has 1 amide bonds. The molecule has 5 heteroatoms. The van der Waals surface area contributed by atoms with Gasteiger partial charge in [0, 0.05) is 22.6 Å². The molecule has 1 aromatic carbocycles. The Morgan fingerprint density at radius 1 is 1.53 bits per heavy atom. The molecule has 0 aromatic heterocycles. The number of hydrogen-bond donors (Lipinski definition) is 2. The largest absolute Gasteiger partial charge is 0.348 e. The highest BCUT2D eigenvalue weighted by atomic mass is 79.9. The van der Waals surface area contributed by atoms with Crippen molar-refractivity contribution in [2.45, 2.75) is 25.8 Å². The zero-order valence-corrected chi connectivity index (χ0v) is 11.3. The Morgan fingerprint density at radius 2 is 2.24 bits per heavy atom. The second kappa shape index (κ2) is 6.71. The SMILES string of the molecule is CCCC(CN)NC(=O)c1cc(F)cc(Br)c1. The summed E-state index contributed by atoms with van der Waals surface area (Å²) in [5, 5.41) is 2.79. The second-order valence-corrected chi connectivity index (χ2v) is 4.77. The topological polar surface area (TPSA) is 55.1 Å². The summed E-state index contributed by atoms with van der Waals surface area (Å²) in [4.78, 5) is 11.8. The zero-order valence-electron chi connectivity index (χ0n) is 9.67. The van der Waals surface area contributed by atoms with E-state index in [1.165, 1.54) is 12.1 Å². The van der Waals surface area contributed by atoms with Gasteiger partial charge in [-0.15, -0.1) is 0 Å². The van der Waals surface area contributed by atoms with Gasteiger partial charge < -0.3 is 11.1 Å². The Bertz CT molecular complexity index is 378. The average molecular weight is 303 g/mol. The van der Waals surface area contributed by atoms with Crippen LogP contribution in [0.15, 0.2) is 22.7 Å². The van der Waals surface area contributed by atoms with Crippen LogP contribution in [-0.4, -0.2) is 18.5 Å². The average Bonchev–Trinajstić information content (AvgIpc) is 2.27. The number of carbonyl (C=O) groups is 1. The van der Waals surface area contributed by atoms with Crippen molar-refractivity contribution in [1.82, 2.24) is 5.32 Å². The number of nitrogens with two attached hydrogens (primary N) is 1. The van der Waals surface area contributed by atoms with E-state index in [0.29, 0.717) is 16.6 Å². The summed E-state index contributed by atoms with van der Waals surface area (Å²) in [5.74, 6) is -0.738. The van der Waals surface area contributed by atoms with E-state index < -0.39 is 5.82 Å². The predicted molar refractivity (Wildman–Crippen MR) is 69.3 cm³/mol. The molecule has 1 unspecified atom stereocenters. The molecule has 0 aliphatic carbocycles. The van der Waals surface area contributed by atoms with Gasteiger partial charge in [0.15, 0.2) is 0 Å². The molecule has 0 aliphatic heterocycles. The van der Waals surface area contributed by atoms with Crippen LogP contribution in [-0.2, 0) is 0 Å². The van der Waals surface area contributed by atoms with Crippen LogP contribution in [0.2, 0.25) is 0 Å². The van der Waals surface area contributed by atoms with Crippen LogP contribution >= 0.6 is 15.9 Å². The minimum Gasteiger partial charge on any atom is -0.348 e. The molecule has 0 fully saturated rings.